The molecule has 0 aliphatic rings. The van der Waals surface area contributed by atoms with Crippen LogP contribution in [0.3, 0.4) is 0 Å². The zero-order valence-electron chi connectivity index (χ0n) is 8.34. The molecule has 1 rings (SSSR count). The van der Waals surface area contributed by atoms with Crippen molar-refractivity contribution >= 4 is 15.7 Å². The van der Waals surface area contributed by atoms with Crippen molar-refractivity contribution in [3.63, 3.8) is 0 Å². The van der Waals surface area contributed by atoms with E-state index in [1.54, 1.807) is 24.3 Å². The van der Waals surface area contributed by atoms with Crippen LogP contribution in [0.15, 0.2) is 24.3 Å². The SMILES string of the molecule is CS(=O)(=O)Nc1cccc([C@@H](O)CN)c1. The maximum absolute atomic E-state index is 11.0. The molecule has 0 aliphatic heterocycles. The van der Waals surface area contributed by atoms with E-state index in [2.05, 4.69) is 4.72 Å². The second-order valence-electron chi connectivity index (χ2n) is 3.25. The van der Waals surface area contributed by atoms with Crippen LogP contribution in [0.4, 0.5) is 5.69 Å². The highest BCUT2D eigenvalue weighted by Gasteiger charge is 2.07. The van der Waals surface area contributed by atoms with E-state index in [1.807, 2.05) is 0 Å². The first kappa shape index (κ1) is 12.0. The average Bonchev–Trinajstić information content (AvgIpc) is 2.14. The lowest BCUT2D eigenvalue weighted by molar-refractivity contribution is 0.187. The first-order valence-electron chi connectivity index (χ1n) is 4.38. The van der Waals surface area contributed by atoms with Gasteiger partial charge in [-0.15, -0.1) is 0 Å². The van der Waals surface area contributed by atoms with Crippen LogP contribution in [-0.2, 0) is 10.0 Å². The van der Waals surface area contributed by atoms with Crippen LogP contribution in [0.2, 0.25) is 0 Å². The molecule has 0 spiro atoms. The summed E-state index contributed by atoms with van der Waals surface area (Å²) in [5, 5.41) is 9.45. The molecule has 6 heteroatoms. The third kappa shape index (κ3) is 3.86. The Balaban J connectivity index is 2.93. The summed E-state index contributed by atoms with van der Waals surface area (Å²) < 4.78 is 24.2. The Kier molecular flexibility index (Phi) is 3.67. The van der Waals surface area contributed by atoms with Crippen LogP contribution in [0, 0.1) is 0 Å². The Labute approximate surface area is 89.0 Å². The highest BCUT2D eigenvalue weighted by atomic mass is 32.2. The number of hydrogen-bond donors (Lipinski definition) is 3. The van der Waals surface area contributed by atoms with Gasteiger partial charge in [-0.3, -0.25) is 4.72 Å². The fraction of sp³-hybridized carbons (Fsp3) is 0.333. The van der Waals surface area contributed by atoms with E-state index in [0.717, 1.165) is 6.26 Å². The minimum absolute atomic E-state index is 0.0995. The predicted octanol–water partition coefficient (Wildman–Crippen LogP) is 0.0502. The van der Waals surface area contributed by atoms with Crippen LogP contribution in [0.1, 0.15) is 11.7 Å². The molecular weight excluding hydrogens is 216 g/mol. The van der Waals surface area contributed by atoms with Crippen molar-refractivity contribution in [1.82, 2.24) is 0 Å². The number of nitrogens with one attached hydrogen (secondary N) is 1. The van der Waals surface area contributed by atoms with Crippen molar-refractivity contribution < 1.29 is 13.5 Å². The maximum atomic E-state index is 11.0. The van der Waals surface area contributed by atoms with E-state index in [9.17, 15) is 13.5 Å². The van der Waals surface area contributed by atoms with Gasteiger partial charge in [0.1, 0.15) is 0 Å². The molecule has 0 amide bonds. The smallest absolute Gasteiger partial charge is 0.229 e. The lowest BCUT2D eigenvalue weighted by Gasteiger charge is -2.10. The molecule has 15 heavy (non-hydrogen) atoms. The monoisotopic (exact) mass is 230 g/mol. The standard InChI is InChI=1S/C9H14N2O3S/c1-15(13,14)11-8-4-2-3-7(5-8)9(12)6-10/h2-5,9,11-12H,6,10H2,1H3/t9-/m0/s1. The van der Waals surface area contributed by atoms with Crippen molar-refractivity contribution in [2.45, 2.75) is 6.10 Å². The van der Waals surface area contributed by atoms with Gasteiger partial charge in [0.2, 0.25) is 10.0 Å². The molecule has 0 fully saturated rings. The number of anilines is 1. The second-order valence-corrected chi connectivity index (χ2v) is 5.00. The number of aliphatic hydroxyl groups is 1. The minimum atomic E-state index is -3.29. The summed E-state index contributed by atoms with van der Waals surface area (Å²) in [6.45, 7) is 0.0995. The molecule has 0 aliphatic carbocycles. The van der Waals surface area contributed by atoms with Gasteiger partial charge in [-0.25, -0.2) is 8.42 Å². The van der Waals surface area contributed by atoms with Crippen molar-refractivity contribution in [1.29, 1.82) is 0 Å². The number of rotatable bonds is 4. The fourth-order valence-corrected chi connectivity index (χ4v) is 1.71. The van der Waals surface area contributed by atoms with Crippen molar-refractivity contribution in [3.05, 3.63) is 29.8 Å². The van der Waals surface area contributed by atoms with Gasteiger partial charge in [0.15, 0.2) is 0 Å². The van der Waals surface area contributed by atoms with Gasteiger partial charge in [0.05, 0.1) is 12.4 Å². The van der Waals surface area contributed by atoms with E-state index in [-0.39, 0.29) is 6.54 Å². The Bertz CT molecular complexity index is 431. The lowest BCUT2D eigenvalue weighted by Crippen LogP contribution is -2.13. The summed E-state index contributed by atoms with van der Waals surface area (Å²) in [4.78, 5) is 0. The quantitative estimate of drug-likeness (QED) is 0.681. The molecule has 0 saturated carbocycles. The van der Waals surface area contributed by atoms with Gasteiger partial charge in [0.25, 0.3) is 0 Å². The Morgan fingerprint density at radius 3 is 2.73 bits per heavy atom. The highest BCUT2D eigenvalue weighted by Crippen LogP contribution is 2.17. The summed E-state index contributed by atoms with van der Waals surface area (Å²) in [5.74, 6) is 0. The minimum Gasteiger partial charge on any atom is -0.387 e. The number of hydrogen-bond acceptors (Lipinski definition) is 4. The summed E-state index contributed by atoms with van der Waals surface area (Å²) in [7, 11) is -3.29. The van der Waals surface area contributed by atoms with Crippen LogP contribution in [0.25, 0.3) is 0 Å². The Morgan fingerprint density at radius 1 is 1.53 bits per heavy atom. The molecule has 4 N–H and O–H groups in total. The summed E-state index contributed by atoms with van der Waals surface area (Å²) in [5.41, 5.74) is 6.30. The molecule has 0 saturated heterocycles. The fourth-order valence-electron chi connectivity index (χ4n) is 1.16. The molecule has 0 unspecified atom stereocenters. The first-order valence-corrected chi connectivity index (χ1v) is 6.27. The van der Waals surface area contributed by atoms with E-state index in [1.165, 1.54) is 0 Å². The number of nitrogens with two attached hydrogens (primary N) is 1. The van der Waals surface area contributed by atoms with E-state index in [0.29, 0.717) is 11.3 Å². The second kappa shape index (κ2) is 4.61. The van der Waals surface area contributed by atoms with Gasteiger partial charge in [-0.05, 0) is 17.7 Å². The van der Waals surface area contributed by atoms with Gasteiger partial charge < -0.3 is 10.8 Å². The van der Waals surface area contributed by atoms with Gasteiger partial charge in [0, 0.05) is 12.2 Å². The summed E-state index contributed by atoms with van der Waals surface area (Å²) >= 11 is 0. The Morgan fingerprint density at radius 2 is 2.20 bits per heavy atom. The molecule has 1 aromatic rings. The summed E-state index contributed by atoms with van der Waals surface area (Å²) in [6, 6.07) is 6.50. The first-order chi connectivity index (χ1) is 6.92. The third-order valence-electron chi connectivity index (χ3n) is 1.80. The molecular formula is C9H14N2O3S. The maximum Gasteiger partial charge on any atom is 0.229 e. The topological polar surface area (TPSA) is 92.4 Å². The zero-order valence-corrected chi connectivity index (χ0v) is 9.16. The largest absolute Gasteiger partial charge is 0.387 e. The van der Waals surface area contributed by atoms with Crippen LogP contribution < -0.4 is 10.5 Å². The van der Waals surface area contributed by atoms with Crippen molar-refractivity contribution in [2.24, 2.45) is 5.73 Å². The van der Waals surface area contributed by atoms with Crippen LogP contribution >= 0.6 is 0 Å². The van der Waals surface area contributed by atoms with Gasteiger partial charge in [-0.1, -0.05) is 12.1 Å². The molecule has 1 aromatic carbocycles. The Hall–Kier alpha value is -1.11. The number of aliphatic hydroxyl groups excluding tert-OH is 1. The average molecular weight is 230 g/mol. The normalized spacial score (nSPS) is 13.5. The van der Waals surface area contributed by atoms with Crippen molar-refractivity contribution in [2.75, 3.05) is 17.5 Å². The summed E-state index contributed by atoms with van der Waals surface area (Å²) in [6.07, 6.45) is 0.297. The molecule has 5 nitrogen and oxygen atoms in total. The van der Waals surface area contributed by atoms with Crippen LogP contribution in [0.5, 0.6) is 0 Å². The van der Waals surface area contributed by atoms with E-state index < -0.39 is 16.1 Å². The highest BCUT2D eigenvalue weighted by molar-refractivity contribution is 7.92. The van der Waals surface area contributed by atoms with Crippen molar-refractivity contribution in [3.8, 4) is 0 Å². The van der Waals surface area contributed by atoms with Gasteiger partial charge >= 0.3 is 0 Å². The lowest BCUT2D eigenvalue weighted by atomic mass is 10.1. The molecule has 0 heterocycles. The molecule has 0 aromatic heterocycles. The predicted molar refractivity (Wildman–Crippen MR) is 58.9 cm³/mol. The molecule has 0 bridgehead atoms. The molecule has 0 radical (unpaired) electrons. The van der Waals surface area contributed by atoms with E-state index >= 15 is 0 Å². The number of sulfonamides is 1. The molecule has 84 valence electrons. The van der Waals surface area contributed by atoms with Gasteiger partial charge in [-0.2, -0.15) is 0 Å². The number of benzene rings is 1. The van der Waals surface area contributed by atoms with Crippen LogP contribution in [-0.4, -0.2) is 26.3 Å². The molecule has 1 atom stereocenters. The third-order valence-corrected chi connectivity index (χ3v) is 2.40. The van der Waals surface area contributed by atoms with E-state index in [4.69, 9.17) is 5.73 Å². The zero-order chi connectivity index (χ0) is 11.5.